The van der Waals surface area contributed by atoms with Crippen molar-refractivity contribution in [2.75, 3.05) is 0 Å². The van der Waals surface area contributed by atoms with Crippen molar-refractivity contribution in [1.82, 2.24) is 15.0 Å². The fraction of sp³-hybridized carbons (Fsp3) is 0. The molecule has 0 aliphatic rings. The molecule has 3 heterocycles. The van der Waals surface area contributed by atoms with E-state index in [0.717, 1.165) is 33.3 Å². The third kappa shape index (κ3) is 3.08. The minimum atomic E-state index is -0.111. The van der Waals surface area contributed by atoms with Gasteiger partial charge < -0.3 is 4.98 Å². The SMILES string of the molecule is C=Cc1cc(=O)c2cc(-c3cc(Cl)c4ncccc4c3)c(-c3ccccc3)nc2[nH]1. The van der Waals surface area contributed by atoms with E-state index in [2.05, 4.69) is 16.5 Å². The van der Waals surface area contributed by atoms with Crippen LogP contribution >= 0.6 is 11.6 Å². The molecule has 1 N–H and O–H groups in total. The first-order chi connectivity index (χ1) is 14.6. The van der Waals surface area contributed by atoms with Crippen molar-refractivity contribution in [2.45, 2.75) is 0 Å². The molecule has 2 aromatic carbocycles. The van der Waals surface area contributed by atoms with Crippen molar-refractivity contribution in [3.8, 4) is 22.4 Å². The van der Waals surface area contributed by atoms with Crippen molar-refractivity contribution in [3.05, 3.63) is 100 Å². The Morgan fingerprint density at radius 1 is 0.967 bits per heavy atom. The number of aromatic nitrogens is 3. The van der Waals surface area contributed by atoms with Crippen molar-refractivity contribution in [3.63, 3.8) is 0 Å². The second kappa shape index (κ2) is 7.25. The van der Waals surface area contributed by atoms with Crippen molar-refractivity contribution < 1.29 is 0 Å². The maximum Gasteiger partial charge on any atom is 0.191 e. The quantitative estimate of drug-likeness (QED) is 0.391. The molecule has 4 nitrogen and oxygen atoms in total. The molecule has 0 spiro atoms. The van der Waals surface area contributed by atoms with Crippen LogP contribution in [0.25, 0.3) is 50.4 Å². The molecule has 0 aliphatic carbocycles. The van der Waals surface area contributed by atoms with Crippen LogP contribution in [0.2, 0.25) is 5.02 Å². The Hall–Kier alpha value is -3.76. The summed E-state index contributed by atoms with van der Waals surface area (Å²) in [5.41, 5.74) is 5.20. The van der Waals surface area contributed by atoms with E-state index in [1.807, 2.05) is 60.7 Å². The van der Waals surface area contributed by atoms with Crippen LogP contribution in [-0.4, -0.2) is 15.0 Å². The van der Waals surface area contributed by atoms with E-state index in [9.17, 15) is 4.79 Å². The normalized spacial score (nSPS) is 11.1. The largest absolute Gasteiger partial charge is 0.339 e. The summed E-state index contributed by atoms with van der Waals surface area (Å²) < 4.78 is 0. The minimum Gasteiger partial charge on any atom is -0.339 e. The van der Waals surface area contributed by atoms with Gasteiger partial charge in [0.2, 0.25) is 0 Å². The molecule has 0 bridgehead atoms. The van der Waals surface area contributed by atoms with E-state index in [1.54, 1.807) is 12.3 Å². The number of pyridine rings is 3. The second-order valence-corrected chi connectivity index (χ2v) is 7.38. The van der Waals surface area contributed by atoms with Gasteiger partial charge in [0.25, 0.3) is 0 Å². The number of hydrogen-bond donors (Lipinski definition) is 1. The van der Waals surface area contributed by atoms with Crippen LogP contribution in [-0.2, 0) is 0 Å². The lowest BCUT2D eigenvalue weighted by Gasteiger charge is -2.13. The number of nitrogens with zero attached hydrogens (tertiary/aromatic N) is 2. The number of nitrogens with one attached hydrogen (secondary N) is 1. The van der Waals surface area contributed by atoms with Crippen LogP contribution < -0.4 is 5.43 Å². The van der Waals surface area contributed by atoms with Crippen LogP contribution in [0.1, 0.15) is 5.69 Å². The van der Waals surface area contributed by atoms with Gasteiger partial charge in [0.1, 0.15) is 5.65 Å². The third-order valence-corrected chi connectivity index (χ3v) is 5.36. The van der Waals surface area contributed by atoms with Gasteiger partial charge in [-0.3, -0.25) is 9.78 Å². The summed E-state index contributed by atoms with van der Waals surface area (Å²) in [6.07, 6.45) is 3.33. The zero-order valence-corrected chi connectivity index (χ0v) is 16.6. The summed E-state index contributed by atoms with van der Waals surface area (Å²) in [6, 6.07) is 21.0. The van der Waals surface area contributed by atoms with Gasteiger partial charge in [0, 0.05) is 34.5 Å². The molecule has 0 radical (unpaired) electrons. The lowest BCUT2D eigenvalue weighted by Crippen LogP contribution is -2.06. The van der Waals surface area contributed by atoms with Crippen molar-refractivity contribution >= 4 is 39.6 Å². The summed E-state index contributed by atoms with van der Waals surface area (Å²) in [4.78, 5) is 25.1. The van der Waals surface area contributed by atoms with E-state index >= 15 is 0 Å². The van der Waals surface area contributed by atoms with Crippen LogP contribution in [0, 0.1) is 0 Å². The summed E-state index contributed by atoms with van der Waals surface area (Å²) in [7, 11) is 0. The average molecular weight is 410 g/mol. The fourth-order valence-corrected chi connectivity index (χ4v) is 3.91. The number of halogens is 1. The van der Waals surface area contributed by atoms with Gasteiger partial charge >= 0.3 is 0 Å². The standard InChI is InChI=1S/C25H16ClN3O/c1-2-18-13-22(30)20-14-19(17-11-16-9-6-10-27-24(16)21(26)12-17)23(29-25(20)28-18)15-7-4-3-5-8-15/h2-14H,1H2,(H,28,29,30). The van der Waals surface area contributed by atoms with Crippen LogP contribution in [0.4, 0.5) is 0 Å². The van der Waals surface area contributed by atoms with Gasteiger partial charge in [-0.25, -0.2) is 4.98 Å². The highest BCUT2D eigenvalue weighted by Crippen LogP contribution is 2.36. The number of fused-ring (bicyclic) bond motifs is 2. The first-order valence-electron chi connectivity index (χ1n) is 9.44. The Kier molecular flexibility index (Phi) is 4.42. The molecule has 30 heavy (non-hydrogen) atoms. The summed E-state index contributed by atoms with van der Waals surface area (Å²) in [5.74, 6) is 0. The molecular weight excluding hydrogens is 394 g/mol. The van der Waals surface area contributed by atoms with Gasteiger partial charge in [0.05, 0.1) is 21.6 Å². The third-order valence-electron chi connectivity index (χ3n) is 5.07. The van der Waals surface area contributed by atoms with E-state index in [-0.39, 0.29) is 5.43 Å². The van der Waals surface area contributed by atoms with E-state index in [0.29, 0.717) is 21.7 Å². The van der Waals surface area contributed by atoms with Gasteiger partial charge in [0.15, 0.2) is 5.43 Å². The summed E-state index contributed by atoms with van der Waals surface area (Å²) >= 11 is 6.54. The molecule has 0 saturated heterocycles. The first-order valence-corrected chi connectivity index (χ1v) is 9.82. The molecule has 144 valence electrons. The van der Waals surface area contributed by atoms with Crippen LogP contribution in [0.5, 0.6) is 0 Å². The Labute approximate surface area is 177 Å². The van der Waals surface area contributed by atoms with E-state index in [4.69, 9.17) is 16.6 Å². The van der Waals surface area contributed by atoms with Crippen LogP contribution in [0.3, 0.4) is 0 Å². The zero-order chi connectivity index (χ0) is 20.7. The monoisotopic (exact) mass is 409 g/mol. The van der Waals surface area contributed by atoms with Crippen LogP contribution in [0.15, 0.2) is 84.3 Å². The average Bonchev–Trinajstić information content (AvgIpc) is 2.78. The fourth-order valence-electron chi connectivity index (χ4n) is 3.64. The Morgan fingerprint density at radius 3 is 2.60 bits per heavy atom. The molecule has 5 heteroatoms. The van der Waals surface area contributed by atoms with Crippen molar-refractivity contribution in [2.24, 2.45) is 0 Å². The molecule has 5 aromatic rings. The van der Waals surface area contributed by atoms with Gasteiger partial charge in [-0.1, -0.05) is 54.6 Å². The molecule has 0 atom stereocenters. The number of H-pyrrole nitrogens is 1. The Balaban J connectivity index is 1.87. The number of benzene rings is 2. The summed E-state index contributed by atoms with van der Waals surface area (Å²) in [6.45, 7) is 3.74. The second-order valence-electron chi connectivity index (χ2n) is 6.97. The molecule has 0 fully saturated rings. The minimum absolute atomic E-state index is 0.111. The predicted octanol–water partition coefficient (Wildman–Crippen LogP) is 6.10. The first kappa shape index (κ1) is 18.3. The highest BCUT2D eigenvalue weighted by molar-refractivity contribution is 6.35. The molecular formula is C25H16ClN3O. The smallest absolute Gasteiger partial charge is 0.191 e. The molecule has 5 rings (SSSR count). The summed E-state index contributed by atoms with van der Waals surface area (Å²) in [5, 5.41) is 1.99. The number of rotatable bonds is 3. The molecule has 0 aliphatic heterocycles. The van der Waals surface area contributed by atoms with Gasteiger partial charge in [-0.05, 0) is 35.9 Å². The Bertz CT molecular complexity index is 1490. The highest BCUT2D eigenvalue weighted by atomic mass is 35.5. The Morgan fingerprint density at radius 2 is 1.80 bits per heavy atom. The van der Waals surface area contributed by atoms with Gasteiger partial charge in [-0.2, -0.15) is 0 Å². The van der Waals surface area contributed by atoms with Gasteiger partial charge in [-0.15, -0.1) is 0 Å². The number of aromatic amines is 1. The lowest BCUT2D eigenvalue weighted by atomic mass is 9.96. The van der Waals surface area contributed by atoms with Crippen molar-refractivity contribution in [1.29, 1.82) is 0 Å². The predicted molar refractivity (Wildman–Crippen MR) is 124 cm³/mol. The number of hydrogen-bond acceptors (Lipinski definition) is 3. The van der Waals surface area contributed by atoms with E-state index in [1.165, 1.54) is 6.07 Å². The molecule has 0 saturated carbocycles. The maximum absolute atomic E-state index is 12.7. The molecule has 0 amide bonds. The molecule has 0 unspecified atom stereocenters. The topological polar surface area (TPSA) is 58.6 Å². The molecule has 3 aromatic heterocycles. The highest BCUT2D eigenvalue weighted by Gasteiger charge is 2.15. The van der Waals surface area contributed by atoms with E-state index < -0.39 is 0 Å². The lowest BCUT2D eigenvalue weighted by molar-refractivity contribution is 1.26. The maximum atomic E-state index is 12.7. The zero-order valence-electron chi connectivity index (χ0n) is 15.9.